The van der Waals surface area contributed by atoms with E-state index in [1.807, 2.05) is 38.1 Å². The van der Waals surface area contributed by atoms with Crippen molar-refractivity contribution in [2.24, 2.45) is 0 Å². The van der Waals surface area contributed by atoms with Gasteiger partial charge in [-0.05, 0) is 48.7 Å². The summed E-state index contributed by atoms with van der Waals surface area (Å²) in [4.78, 5) is 27.3. The second-order valence-corrected chi connectivity index (χ2v) is 7.80. The largest absolute Gasteiger partial charge is 0.497 e. The molecule has 0 aliphatic carbocycles. The summed E-state index contributed by atoms with van der Waals surface area (Å²) in [6.07, 6.45) is 0.518. The minimum atomic E-state index is -0.546. The number of halogens is 1. The zero-order valence-electron chi connectivity index (χ0n) is 17.7. The summed E-state index contributed by atoms with van der Waals surface area (Å²) in [5, 5.41) is 2.83. The van der Waals surface area contributed by atoms with Crippen molar-refractivity contribution < 1.29 is 18.7 Å². The van der Waals surface area contributed by atoms with E-state index in [0.29, 0.717) is 31.0 Å². The van der Waals surface area contributed by atoms with Gasteiger partial charge in [-0.25, -0.2) is 4.39 Å². The van der Waals surface area contributed by atoms with E-state index < -0.39 is 6.04 Å². The van der Waals surface area contributed by atoms with Gasteiger partial charge >= 0.3 is 0 Å². The number of carbonyl (C=O) groups excluding carboxylic acids is 2. The molecule has 1 atom stereocenters. The SMILES string of the molecule is CCNC(=O)[C@H](CC)N(Cc1cccc(OC)c1)C(=O)CSCc1ccc(F)cc1. The van der Waals surface area contributed by atoms with Gasteiger partial charge in [-0.3, -0.25) is 9.59 Å². The Morgan fingerprint density at radius 1 is 1.13 bits per heavy atom. The molecule has 0 radical (unpaired) electrons. The summed E-state index contributed by atoms with van der Waals surface area (Å²) < 4.78 is 18.3. The first kappa shape index (κ1) is 23.7. The highest BCUT2D eigenvalue weighted by Gasteiger charge is 2.28. The molecule has 0 saturated heterocycles. The Bertz CT molecular complexity index is 829. The zero-order valence-corrected chi connectivity index (χ0v) is 18.5. The fraction of sp³-hybridized carbons (Fsp3) is 0.391. The highest BCUT2D eigenvalue weighted by molar-refractivity contribution is 7.99. The molecule has 5 nitrogen and oxygen atoms in total. The minimum Gasteiger partial charge on any atom is -0.497 e. The number of carbonyl (C=O) groups is 2. The fourth-order valence-corrected chi connectivity index (χ4v) is 3.97. The van der Waals surface area contributed by atoms with Crippen LogP contribution in [0.3, 0.4) is 0 Å². The van der Waals surface area contributed by atoms with Crippen LogP contribution in [0.2, 0.25) is 0 Å². The van der Waals surface area contributed by atoms with E-state index in [1.54, 1.807) is 24.1 Å². The summed E-state index contributed by atoms with van der Waals surface area (Å²) in [6, 6.07) is 13.2. The smallest absolute Gasteiger partial charge is 0.242 e. The Morgan fingerprint density at radius 3 is 2.50 bits per heavy atom. The maximum absolute atomic E-state index is 13.1. The Kier molecular flexibility index (Phi) is 9.67. The van der Waals surface area contributed by atoms with Gasteiger partial charge in [0.25, 0.3) is 0 Å². The van der Waals surface area contributed by atoms with Crippen LogP contribution in [0.5, 0.6) is 5.75 Å². The Balaban J connectivity index is 2.12. The molecule has 2 aromatic carbocycles. The first-order valence-electron chi connectivity index (χ1n) is 10.0. The van der Waals surface area contributed by atoms with Crippen LogP contribution in [0.4, 0.5) is 4.39 Å². The molecule has 162 valence electrons. The summed E-state index contributed by atoms with van der Waals surface area (Å²) >= 11 is 1.45. The summed E-state index contributed by atoms with van der Waals surface area (Å²) in [7, 11) is 1.59. The third-order valence-electron chi connectivity index (χ3n) is 4.63. The number of thioether (sulfide) groups is 1. The monoisotopic (exact) mass is 432 g/mol. The van der Waals surface area contributed by atoms with Crippen LogP contribution in [0, 0.1) is 5.82 Å². The summed E-state index contributed by atoms with van der Waals surface area (Å²) in [5.74, 6) is 0.991. The van der Waals surface area contributed by atoms with Gasteiger partial charge in [-0.1, -0.05) is 31.2 Å². The van der Waals surface area contributed by atoms with Gasteiger partial charge in [-0.2, -0.15) is 0 Å². The second kappa shape index (κ2) is 12.2. The zero-order chi connectivity index (χ0) is 21.9. The lowest BCUT2D eigenvalue weighted by Crippen LogP contribution is -2.49. The maximum atomic E-state index is 13.1. The number of hydrogen-bond acceptors (Lipinski definition) is 4. The number of likely N-dealkylation sites (N-methyl/N-ethyl adjacent to an activating group) is 1. The first-order valence-corrected chi connectivity index (χ1v) is 11.2. The van der Waals surface area contributed by atoms with Gasteiger partial charge < -0.3 is 15.0 Å². The van der Waals surface area contributed by atoms with Crippen molar-refractivity contribution in [1.29, 1.82) is 0 Å². The molecule has 2 aromatic rings. The molecule has 0 bridgehead atoms. The molecule has 2 rings (SSSR count). The minimum absolute atomic E-state index is 0.108. The van der Waals surface area contributed by atoms with Crippen molar-refractivity contribution in [3.63, 3.8) is 0 Å². The number of amides is 2. The molecule has 0 spiro atoms. The van der Waals surface area contributed by atoms with Gasteiger partial charge in [0.1, 0.15) is 17.6 Å². The lowest BCUT2D eigenvalue weighted by molar-refractivity contribution is -0.139. The number of nitrogens with zero attached hydrogens (tertiary/aromatic N) is 1. The Morgan fingerprint density at radius 2 is 1.87 bits per heavy atom. The van der Waals surface area contributed by atoms with Crippen LogP contribution in [-0.4, -0.2) is 42.2 Å². The molecule has 0 saturated carbocycles. The third-order valence-corrected chi connectivity index (χ3v) is 5.62. The van der Waals surface area contributed by atoms with E-state index in [1.165, 1.54) is 23.9 Å². The van der Waals surface area contributed by atoms with Crippen LogP contribution in [0.15, 0.2) is 48.5 Å². The molecule has 2 amide bonds. The molecular weight excluding hydrogens is 403 g/mol. The van der Waals surface area contributed by atoms with Crippen molar-refractivity contribution in [3.8, 4) is 5.75 Å². The van der Waals surface area contributed by atoms with Crippen molar-refractivity contribution in [2.75, 3.05) is 19.4 Å². The second-order valence-electron chi connectivity index (χ2n) is 6.81. The average molecular weight is 433 g/mol. The number of hydrogen-bond donors (Lipinski definition) is 1. The first-order chi connectivity index (χ1) is 14.5. The van der Waals surface area contributed by atoms with Crippen LogP contribution in [0.1, 0.15) is 31.4 Å². The summed E-state index contributed by atoms with van der Waals surface area (Å²) in [5.41, 5.74) is 1.85. The number of rotatable bonds is 11. The summed E-state index contributed by atoms with van der Waals surface area (Å²) in [6.45, 7) is 4.59. The van der Waals surface area contributed by atoms with Crippen LogP contribution < -0.4 is 10.1 Å². The van der Waals surface area contributed by atoms with E-state index >= 15 is 0 Å². The maximum Gasteiger partial charge on any atom is 0.242 e. The molecule has 0 aromatic heterocycles. The molecule has 0 unspecified atom stereocenters. The van der Waals surface area contributed by atoms with E-state index in [4.69, 9.17) is 4.74 Å². The van der Waals surface area contributed by atoms with Crippen LogP contribution in [0.25, 0.3) is 0 Å². The molecular formula is C23H29FN2O3S. The van der Waals surface area contributed by atoms with Gasteiger partial charge in [-0.15, -0.1) is 11.8 Å². The molecule has 0 fully saturated rings. The van der Waals surface area contributed by atoms with Gasteiger partial charge in [0.05, 0.1) is 12.9 Å². The van der Waals surface area contributed by atoms with Gasteiger partial charge in [0, 0.05) is 18.8 Å². The standard InChI is InChI=1S/C23H29FN2O3S/c1-4-21(23(28)25-5-2)26(14-18-7-6-8-20(13-18)29-3)22(27)16-30-15-17-9-11-19(24)12-10-17/h6-13,21H,4-5,14-16H2,1-3H3,(H,25,28)/t21-/m0/s1. The van der Waals surface area contributed by atoms with E-state index in [9.17, 15) is 14.0 Å². The van der Waals surface area contributed by atoms with Crippen molar-refractivity contribution >= 4 is 23.6 Å². The molecule has 1 N–H and O–H groups in total. The molecule has 30 heavy (non-hydrogen) atoms. The molecule has 7 heteroatoms. The highest BCUT2D eigenvalue weighted by Crippen LogP contribution is 2.19. The molecule has 0 aliphatic heterocycles. The lowest BCUT2D eigenvalue weighted by Gasteiger charge is -2.30. The van der Waals surface area contributed by atoms with Gasteiger partial charge in [0.2, 0.25) is 11.8 Å². The number of ether oxygens (including phenoxy) is 1. The van der Waals surface area contributed by atoms with E-state index in [0.717, 1.165) is 11.1 Å². The normalized spacial score (nSPS) is 11.6. The van der Waals surface area contributed by atoms with Crippen LogP contribution >= 0.6 is 11.8 Å². The van der Waals surface area contributed by atoms with Crippen LogP contribution in [-0.2, 0) is 21.9 Å². The number of nitrogens with one attached hydrogen (secondary N) is 1. The predicted molar refractivity (Wildman–Crippen MR) is 119 cm³/mol. The third kappa shape index (κ3) is 7.06. The highest BCUT2D eigenvalue weighted by atomic mass is 32.2. The van der Waals surface area contributed by atoms with Crippen molar-refractivity contribution in [1.82, 2.24) is 10.2 Å². The predicted octanol–water partition coefficient (Wildman–Crippen LogP) is 4.01. The topological polar surface area (TPSA) is 58.6 Å². The Labute approximate surface area is 182 Å². The quantitative estimate of drug-likeness (QED) is 0.583. The van der Waals surface area contributed by atoms with Crippen molar-refractivity contribution in [3.05, 3.63) is 65.5 Å². The van der Waals surface area contributed by atoms with E-state index in [2.05, 4.69) is 5.32 Å². The van der Waals surface area contributed by atoms with Crippen molar-refractivity contribution in [2.45, 2.75) is 38.6 Å². The molecule has 0 heterocycles. The average Bonchev–Trinajstić information content (AvgIpc) is 2.75. The van der Waals surface area contributed by atoms with E-state index in [-0.39, 0.29) is 23.4 Å². The number of methoxy groups -OCH3 is 1. The lowest BCUT2D eigenvalue weighted by atomic mass is 10.1. The Hall–Kier alpha value is -2.54. The molecule has 0 aliphatic rings. The number of benzene rings is 2. The van der Waals surface area contributed by atoms with Gasteiger partial charge in [0.15, 0.2) is 0 Å². The fourth-order valence-electron chi connectivity index (χ4n) is 3.10.